The van der Waals surface area contributed by atoms with Crippen molar-refractivity contribution in [2.45, 2.75) is 13.2 Å². The molecule has 2 rings (SSSR count). The van der Waals surface area contributed by atoms with Crippen molar-refractivity contribution in [2.24, 2.45) is 0 Å². The van der Waals surface area contributed by atoms with E-state index in [9.17, 15) is 9.50 Å². The fourth-order valence-corrected chi connectivity index (χ4v) is 2.31. The molecule has 1 N–H and O–H groups in total. The fourth-order valence-electron chi connectivity index (χ4n) is 1.63. The van der Waals surface area contributed by atoms with Crippen molar-refractivity contribution in [3.63, 3.8) is 0 Å². The molecule has 0 aliphatic heterocycles. The molecule has 2 nitrogen and oxygen atoms in total. The monoisotopic (exact) mass is 344 g/mol. The Morgan fingerprint density at radius 1 is 1.21 bits per heavy atom. The van der Waals surface area contributed by atoms with Gasteiger partial charge in [-0.3, -0.25) is 0 Å². The number of benzene rings is 2. The SMILES string of the molecule is OCc1cccc(Br)c1OCc1ccc(Cl)cc1F. The van der Waals surface area contributed by atoms with Gasteiger partial charge in [0.25, 0.3) is 0 Å². The average molecular weight is 346 g/mol. The maximum atomic E-state index is 13.6. The molecule has 2 aromatic carbocycles. The molecule has 0 unspecified atom stereocenters. The number of aliphatic hydroxyl groups is 1. The van der Waals surface area contributed by atoms with Crippen LogP contribution >= 0.6 is 27.5 Å². The van der Waals surface area contributed by atoms with Crippen molar-refractivity contribution in [1.29, 1.82) is 0 Å². The molecular weight excluding hydrogens is 335 g/mol. The van der Waals surface area contributed by atoms with Gasteiger partial charge in [-0.2, -0.15) is 0 Å². The van der Waals surface area contributed by atoms with Crippen molar-refractivity contribution >= 4 is 27.5 Å². The Morgan fingerprint density at radius 3 is 2.68 bits per heavy atom. The Labute approximate surface area is 123 Å². The smallest absolute Gasteiger partial charge is 0.139 e. The lowest BCUT2D eigenvalue weighted by Gasteiger charge is -2.12. The summed E-state index contributed by atoms with van der Waals surface area (Å²) in [6.45, 7) is -0.0729. The molecule has 0 atom stereocenters. The van der Waals surface area contributed by atoms with Gasteiger partial charge in [0, 0.05) is 16.1 Å². The van der Waals surface area contributed by atoms with Gasteiger partial charge < -0.3 is 9.84 Å². The Kier molecular flexibility index (Phi) is 4.80. The van der Waals surface area contributed by atoms with Gasteiger partial charge in [-0.05, 0) is 34.1 Å². The van der Waals surface area contributed by atoms with Crippen LogP contribution in [-0.4, -0.2) is 5.11 Å². The van der Waals surface area contributed by atoms with Gasteiger partial charge in [0.15, 0.2) is 0 Å². The molecular formula is C14H11BrClFO2. The van der Waals surface area contributed by atoms with E-state index in [2.05, 4.69) is 15.9 Å². The highest BCUT2D eigenvalue weighted by Gasteiger charge is 2.09. The summed E-state index contributed by atoms with van der Waals surface area (Å²) in [6, 6.07) is 9.77. The largest absolute Gasteiger partial charge is 0.487 e. The molecule has 0 radical (unpaired) electrons. The third-order valence-corrected chi connectivity index (χ3v) is 3.47. The van der Waals surface area contributed by atoms with E-state index in [0.717, 1.165) is 0 Å². The number of para-hydroxylation sites is 1. The number of rotatable bonds is 4. The van der Waals surface area contributed by atoms with Crippen molar-refractivity contribution in [3.05, 3.63) is 62.8 Å². The van der Waals surface area contributed by atoms with Crippen LogP contribution < -0.4 is 4.74 Å². The van der Waals surface area contributed by atoms with E-state index in [4.69, 9.17) is 16.3 Å². The van der Waals surface area contributed by atoms with Crippen LogP contribution in [0.25, 0.3) is 0 Å². The quantitative estimate of drug-likeness (QED) is 0.894. The molecule has 100 valence electrons. The summed E-state index contributed by atoms with van der Waals surface area (Å²) >= 11 is 9.03. The van der Waals surface area contributed by atoms with Crippen LogP contribution in [0.1, 0.15) is 11.1 Å². The van der Waals surface area contributed by atoms with Gasteiger partial charge in [-0.15, -0.1) is 0 Å². The summed E-state index contributed by atoms with van der Waals surface area (Å²) < 4.78 is 19.9. The molecule has 0 aliphatic carbocycles. The molecule has 5 heteroatoms. The lowest BCUT2D eigenvalue weighted by Crippen LogP contribution is -2.01. The maximum absolute atomic E-state index is 13.6. The van der Waals surface area contributed by atoms with Crippen molar-refractivity contribution in [2.75, 3.05) is 0 Å². The second-order valence-electron chi connectivity index (χ2n) is 3.91. The van der Waals surface area contributed by atoms with Gasteiger partial charge in [0.2, 0.25) is 0 Å². The lowest BCUT2D eigenvalue weighted by molar-refractivity contribution is 0.256. The third kappa shape index (κ3) is 3.47. The second kappa shape index (κ2) is 6.37. The molecule has 0 bridgehead atoms. The zero-order valence-electron chi connectivity index (χ0n) is 9.87. The summed E-state index contributed by atoms with van der Waals surface area (Å²) in [5.74, 6) is 0.101. The highest BCUT2D eigenvalue weighted by atomic mass is 79.9. The molecule has 19 heavy (non-hydrogen) atoms. The van der Waals surface area contributed by atoms with E-state index in [0.29, 0.717) is 26.4 Å². The van der Waals surface area contributed by atoms with Crippen LogP contribution in [0.4, 0.5) is 4.39 Å². The number of ether oxygens (including phenoxy) is 1. The molecule has 0 saturated carbocycles. The number of hydrogen-bond acceptors (Lipinski definition) is 2. The van der Waals surface area contributed by atoms with E-state index < -0.39 is 5.82 Å². The summed E-state index contributed by atoms with van der Waals surface area (Å²) in [6.07, 6.45) is 0. The first-order valence-electron chi connectivity index (χ1n) is 5.57. The zero-order valence-corrected chi connectivity index (χ0v) is 12.2. The van der Waals surface area contributed by atoms with E-state index in [1.807, 2.05) is 0 Å². The standard InChI is InChI=1S/C14H11BrClFO2/c15-12-3-1-2-9(7-18)14(12)19-8-10-4-5-11(16)6-13(10)17/h1-6,18H,7-8H2. The highest BCUT2D eigenvalue weighted by Crippen LogP contribution is 2.30. The predicted octanol–water partition coefficient (Wildman–Crippen LogP) is 4.31. The zero-order chi connectivity index (χ0) is 13.8. The van der Waals surface area contributed by atoms with Gasteiger partial charge in [-0.25, -0.2) is 4.39 Å². The summed E-state index contributed by atoms with van der Waals surface area (Å²) in [4.78, 5) is 0. The Morgan fingerprint density at radius 2 is 2.00 bits per heavy atom. The first-order valence-corrected chi connectivity index (χ1v) is 6.74. The minimum absolute atomic E-state index is 0.0681. The fraction of sp³-hybridized carbons (Fsp3) is 0.143. The molecule has 0 saturated heterocycles. The van der Waals surface area contributed by atoms with Crippen LogP contribution in [0.3, 0.4) is 0 Å². The lowest BCUT2D eigenvalue weighted by atomic mass is 10.2. The number of halogens is 3. The van der Waals surface area contributed by atoms with Crippen molar-refractivity contribution < 1.29 is 14.2 Å². The molecule has 0 spiro atoms. The average Bonchev–Trinajstić information content (AvgIpc) is 2.39. The van der Waals surface area contributed by atoms with Crippen LogP contribution in [0, 0.1) is 5.82 Å². The van der Waals surface area contributed by atoms with E-state index in [1.54, 1.807) is 30.3 Å². The van der Waals surface area contributed by atoms with Crippen LogP contribution in [0.5, 0.6) is 5.75 Å². The third-order valence-electron chi connectivity index (χ3n) is 2.61. The van der Waals surface area contributed by atoms with Gasteiger partial charge in [-0.1, -0.05) is 29.8 Å². The minimum atomic E-state index is -0.412. The van der Waals surface area contributed by atoms with Crippen molar-refractivity contribution in [1.82, 2.24) is 0 Å². The van der Waals surface area contributed by atoms with E-state index in [-0.39, 0.29) is 13.2 Å². The topological polar surface area (TPSA) is 29.5 Å². The van der Waals surface area contributed by atoms with Gasteiger partial charge in [0.05, 0.1) is 11.1 Å². The Bertz CT molecular complexity index is 590. The Hall–Kier alpha value is -1.10. The molecule has 0 fully saturated rings. The molecule has 0 aliphatic rings. The molecule has 0 amide bonds. The molecule has 0 aromatic heterocycles. The van der Waals surface area contributed by atoms with E-state index in [1.165, 1.54) is 6.07 Å². The first kappa shape index (κ1) is 14.3. The summed E-state index contributed by atoms with van der Waals surface area (Å²) in [7, 11) is 0. The van der Waals surface area contributed by atoms with Gasteiger partial charge >= 0.3 is 0 Å². The van der Waals surface area contributed by atoms with E-state index >= 15 is 0 Å². The normalized spacial score (nSPS) is 10.5. The first-order chi connectivity index (χ1) is 9.11. The van der Waals surface area contributed by atoms with Crippen molar-refractivity contribution in [3.8, 4) is 5.75 Å². The number of aliphatic hydroxyl groups excluding tert-OH is 1. The van der Waals surface area contributed by atoms with Crippen LogP contribution in [-0.2, 0) is 13.2 Å². The Balaban J connectivity index is 2.19. The highest BCUT2D eigenvalue weighted by molar-refractivity contribution is 9.10. The molecule has 2 aromatic rings. The summed E-state index contributed by atoms with van der Waals surface area (Å²) in [5.41, 5.74) is 1.05. The predicted molar refractivity (Wildman–Crippen MR) is 75.8 cm³/mol. The van der Waals surface area contributed by atoms with Crippen LogP contribution in [0.2, 0.25) is 5.02 Å². The van der Waals surface area contributed by atoms with Gasteiger partial charge in [0.1, 0.15) is 18.2 Å². The molecule has 0 heterocycles. The maximum Gasteiger partial charge on any atom is 0.139 e. The van der Waals surface area contributed by atoms with Crippen LogP contribution in [0.15, 0.2) is 40.9 Å². The minimum Gasteiger partial charge on any atom is -0.487 e. The second-order valence-corrected chi connectivity index (χ2v) is 5.20. The number of hydrogen-bond donors (Lipinski definition) is 1. The summed E-state index contributed by atoms with van der Waals surface area (Å²) in [5, 5.41) is 9.58.